The van der Waals surface area contributed by atoms with E-state index in [2.05, 4.69) is 5.32 Å². The summed E-state index contributed by atoms with van der Waals surface area (Å²) in [5, 5.41) is 3.39. The average molecular weight is 402 g/mol. The lowest BCUT2D eigenvalue weighted by atomic mass is 10.2. The molecule has 0 aromatic heterocycles. The second kappa shape index (κ2) is 7.64. The van der Waals surface area contributed by atoms with Gasteiger partial charge in [-0.1, -0.05) is 23.2 Å². The van der Waals surface area contributed by atoms with Crippen LogP contribution in [0, 0.1) is 6.92 Å². The highest BCUT2D eigenvalue weighted by Crippen LogP contribution is 2.26. The van der Waals surface area contributed by atoms with Crippen LogP contribution in [0.5, 0.6) is 5.75 Å². The molecule has 8 heteroatoms. The third-order valence-corrected chi connectivity index (χ3v) is 5.11. The van der Waals surface area contributed by atoms with Crippen LogP contribution in [0.4, 0.5) is 5.69 Å². The summed E-state index contributed by atoms with van der Waals surface area (Å²) in [6, 6.07) is 9.19. The highest BCUT2D eigenvalue weighted by atomic mass is 35.5. The monoisotopic (exact) mass is 401 g/mol. The van der Waals surface area contributed by atoms with Crippen molar-refractivity contribution in [2.75, 3.05) is 11.6 Å². The Morgan fingerprint density at radius 2 is 1.84 bits per heavy atom. The molecule has 0 saturated carbocycles. The molecule has 1 atom stereocenters. The Morgan fingerprint density at radius 1 is 1.16 bits per heavy atom. The quantitative estimate of drug-likeness (QED) is 0.817. The minimum atomic E-state index is -3.41. The van der Waals surface area contributed by atoms with Crippen molar-refractivity contribution in [1.82, 2.24) is 0 Å². The first-order valence-corrected chi connectivity index (χ1v) is 9.96. The lowest BCUT2D eigenvalue weighted by Gasteiger charge is -2.17. The van der Waals surface area contributed by atoms with E-state index in [0.717, 1.165) is 11.8 Å². The fraction of sp³-hybridized carbons (Fsp3) is 0.235. The number of amides is 1. The number of anilines is 1. The van der Waals surface area contributed by atoms with E-state index < -0.39 is 21.8 Å². The molecule has 1 amide bonds. The molecular weight excluding hydrogens is 385 g/mol. The Bertz CT molecular complexity index is 913. The zero-order valence-corrected chi connectivity index (χ0v) is 16.2. The lowest BCUT2D eigenvalue weighted by Crippen LogP contribution is -2.30. The van der Waals surface area contributed by atoms with Crippen molar-refractivity contribution >= 4 is 44.6 Å². The van der Waals surface area contributed by atoms with Gasteiger partial charge < -0.3 is 10.1 Å². The van der Waals surface area contributed by atoms with Gasteiger partial charge in [0.05, 0.1) is 15.6 Å². The van der Waals surface area contributed by atoms with Gasteiger partial charge in [0.2, 0.25) is 0 Å². The molecule has 0 radical (unpaired) electrons. The molecule has 2 aromatic rings. The largest absolute Gasteiger partial charge is 0.481 e. The maximum absolute atomic E-state index is 12.3. The molecule has 1 unspecified atom stereocenters. The van der Waals surface area contributed by atoms with Crippen LogP contribution in [0.15, 0.2) is 41.3 Å². The van der Waals surface area contributed by atoms with Gasteiger partial charge >= 0.3 is 0 Å². The van der Waals surface area contributed by atoms with Crippen LogP contribution >= 0.6 is 23.2 Å². The van der Waals surface area contributed by atoms with Gasteiger partial charge in [0.1, 0.15) is 5.75 Å². The summed E-state index contributed by atoms with van der Waals surface area (Å²) in [6.07, 6.45) is 0.259. The van der Waals surface area contributed by atoms with E-state index in [0.29, 0.717) is 10.8 Å². The van der Waals surface area contributed by atoms with Crippen molar-refractivity contribution in [3.05, 3.63) is 52.0 Å². The predicted octanol–water partition coefficient (Wildman–Crippen LogP) is 4.11. The van der Waals surface area contributed by atoms with E-state index in [1.54, 1.807) is 25.1 Å². The molecule has 2 rings (SSSR count). The Labute approximate surface area is 156 Å². The molecule has 0 fully saturated rings. The summed E-state index contributed by atoms with van der Waals surface area (Å²) in [7, 11) is -3.41. The topological polar surface area (TPSA) is 72.5 Å². The second-order valence-electron chi connectivity index (χ2n) is 5.57. The highest BCUT2D eigenvalue weighted by Gasteiger charge is 2.18. The molecule has 0 saturated heterocycles. The van der Waals surface area contributed by atoms with E-state index in [1.807, 2.05) is 6.92 Å². The summed E-state index contributed by atoms with van der Waals surface area (Å²) in [6.45, 7) is 3.40. The van der Waals surface area contributed by atoms with Crippen LogP contribution in [0.3, 0.4) is 0 Å². The number of rotatable bonds is 5. The van der Waals surface area contributed by atoms with Crippen molar-refractivity contribution in [2.24, 2.45) is 0 Å². The van der Waals surface area contributed by atoms with Gasteiger partial charge in [-0.3, -0.25) is 4.79 Å². The zero-order chi connectivity index (χ0) is 18.8. The molecule has 5 nitrogen and oxygen atoms in total. The van der Waals surface area contributed by atoms with Crippen molar-refractivity contribution in [3.63, 3.8) is 0 Å². The van der Waals surface area contributed by atoms with Crippen LogP contribution < -0.4 is 10.1 Å². The maximum atomic E-state index is 12.3. The first-order chi connectivity index (χ1) is 11.6. The minimum absolute atomic E-state index is 0.0642. The number of hydrogen-bond donors (Lipinski definition) is 1. The Hall–Kier alpha value is -1.76. The normalized spacial score (nSPS) is 12.5. The zero-order valence-electron chi connectivity index (χ0n) is 13.8. The lowest BCUT2D eigenvalue weighted by molar-refractivity contribution is -0.122. The van der Waals surface area contributed by atoms with Crippen LogP contribution in [0.1, 0.15) is 12.5 Å². The fourth-order valence-corrected chi connectivity index (χ4v) is 3.09. The molecule has 0 spiro atoms. The number of hydrogen-bond acceptors (Lipinski definition) is 4. The number of halogens is 2. The molecular formula is C17H17Cl2NO4S. The number of ether oxygens (including phenoxy) is 1. The van der Waals surface area contributed by atoms with Crippen LogP contribution in [-0.4, -0.2) is 26.7 Å². The van der Waals surface area contributed by atoms with Crippen molar-refractivity contribution in [3.8, 4) is 5.75 Å². The fourth-order valence-electron chi connectivity index (χ4n) is 2.05. The van der Waals surface area contributed by atoms with Gasteiger partial charge in [-0.2, -0.15) is 0 Å². The van der Waals surface area contributed by atoms with Gasteiger partial charge in [0.15, 0.2) is 15.9 Å². The Morgan fingerprint density at radius 3 is 2.44 bits per heavy atom. The SMILES string of the molecule is Cc1cc(Cl)ccc1OC(C)C(=O)Nc1cc(S(C)(=O)=O)ccc1Cl. The number of benzene rings is 2. The Kier molecular flexibility index (Phi) is 5.98. The minimum Gasteiger partial charge on any atom is -0.481 e. The highest BCUT2D eigenvalue weighted by molar-refractivity contribution is 7.90. The Balaban J connectivity index is 2.16. The number of nitrogens with one attached hydrogen (secondary N) is 1. The maximum Gasteiger partial charge on any atom is 0.265 e. The van der Waals surface area contributed by atoms with E-state index in [9.17, 15) is 13.2 Å². The molecule has 0 aliphatic carbocycles. The van der Waals surface area contributed by atoms with Crippen molar-refractivity contribution in [2.45, 2.75) is 24.8 Å². The van der Waals surface area contributed by atoms with Gasteiger partial charge in [-0.15, -0.1) is 0 Å². The molecule has 0 aliphatic heterocycles. The predicted molar refractivity (Wildman–Crippen MR) is 99.5 cm³/mol. The van der Waals surface area contributed by atoms with Crippen molar-refractivity contribution < 1.29 is 17.9 Å². The molecule has 0 heterocycles. The van der Waals surface area contributed by atoms with E-state index in [-0.39, 0.29) is 15.6 Å². The standard InChI is InChI=1S/C17H17Cl2NO4S/c1-10-8-12(18)4-7-16(10)24-11(2)17(21)20-15-9-13(25(3,22)23)5-6-14(15)19/h4-9,11H,1-3H3,(H,20,21). The van der Waals surface area contributed by atoms with Crippen molar-refractivity contribution in [1.29, 1.82) is 0 Å². The summed E-state index contributed by atoms with van der Waals surface area (Å²) in [4.78, 5) is 12.4. The van der Waals surface area contributed by atoms with E-state index in [1.165, 1.54) is 18.2 Å². The van der Waals surface area contributed by atoms with Gasteiger partial charge in [-0.25, -0.2) is 8.42 Å². The van der Waals surface area contributed by atoms with E-state index >= 15 is 0 Å². The number of carbonyl (C=O) groups is 1. The summed E-state index contributed by atoms with van der Waals surface area (Å²) < 4.78 is 28.9. The van der Waals surface area contributed by atoms with Gasteiger partial charge in [0.25, 0.3) is 5.91 Å². The first kappa shape index (κ1) is 19.6. The second-order valence-corrected chi connectivity index (χ2v) is 8.43. The summed E-state index contributed by atoms with van der Waals surface area (Å²) in [5.74, 6) is 0.0740. The third-order valence-electron chi connectivity index (χ3n) is 3.43. The molecule has 134 valence electrons. The first-order valence-electron chi connectivity index (χ1n) is 7.31. The number of carbonyl (C=O) groups excluding carboxylic acids is 1. The van der Waals surface area contributed by atoms with E-state index in [4.69, 9.17) is 27.9 Å². The van der Waals surface area contributed by atoms with Gasteiger partial charge in [-0.05, 0) is 55.8 Å². The van der Waals surface area contributed by atoms with Crippen LogP contribution in [0.25, 0.3) is 0 Å². The molecule has 25 heavy (non-hydrogen) atoms. The van der Waals surface area contributed by atoms with Crippen LogP contribution in [-0.2, 0) is 14.6 Å². The third kappa shape index (κ3) is 5.11. The summed E-state index contributed by atoms with van der Waals surface area (Å²) in [5.41, 5.74) is 1.00. The van der Waals surface area contributed by atoms with Crippen LogP contribution in [0.2, 0.25) is 10.0 Å². The molecule has 1 N–H and O–H groups in total. The summed E-state index contributed by atoms with van der Waals surface area (Å²) >= 11 is 11.9. The smallest absolute Gasteiger partial charge is 0.265 e. The molecule has 0 aliphatic rings. The molecule has 0 bridgehead atoms. The van der Waals surface area contributed by atoms with Gasteiger partial charge in [0, 0.05) is 11.3 Å². The number of aryl methyl sites for hydroxylation is 1. The number of sulfone groups is 1. The molecule has 2 aromatic carbocycles. The average Bonchev–Trinajstić information content (AvgIpc) is 2.50.